The standard InChI is InChI=1S/C22H23F2N5/c1-16-13-21(27-22(25-16)26-20-8-7-18(23)14-19(20)24)29-11-9-28(10-12-29)15-17-5-3-2-4-6-17/h2-8,13-14H,9-12,15H2,1H3,(H,25,26,27). The number of nitrogens with one attached hydrogen (secondary N) is 1. The molecule has 0 amide bonds. The summed E-state index contributed by atoms with van der Waals surface area (Å²) in [4.78, 5) is 13.5. The van der Waals surface area contributed by atoms with Crippen molar-refractivity contribution in [1.29, 1.82) is 0 Å². The van der Waals surface area contributed by atoms with Gasteiger partial charge >= 0.3 is 0 Å². The van der Waals surface area contributed by atoms with E-state index in [0.717, 1.165) is 50.3 Å². The van der Waals surface area contributed by atoms with E-state index < -0.39 is 11.6 Å². The van der Waals surface area contributed by atoms with Crippen LogP contribution < -0.4 is 10.2 Å². The van der Waals surface area contributed by atoms with Crippen molar-refractivity contribution in [3.63, 3.8) is 0 Å². The van der Waals surface area contributed by atoms with E-state index in [1.54, 1.807) is 0 Å². The Morgan fingerprint density at radius 1 is 0.931 bits per heavy atom. The van der Waals surface area contributed by atoms with E-state index in [1.165, 1.54) is 17.7 Å². The summed E-state index contributed by atoms with van der Waals surface area (Å²) in [6.07, 6.45) is 0. The second kappa shape index (κ2) is 8.53. The minimum atomic E-state index is -0.675. The Morgan fingerprint density at radius 3 is 2.41 bits per heavy atom. The van der Waals surface area contributed by atoms with Crippen LogP contribution in [0.2, 0.25) is 0 Å². The molecule has 5 nitrogen and oxygen atoms in total. The van der Waals surface area contributed by atoms with Crippen LogP contribution in [0.3, 0.4) is 0 Å². The van der Waals surface area contributed by atoms with Crippen molar-refractivity contribution in [3.8, 4) is 0 Å². The second-order valence-corrected chi connectivity index (χ2v) is 7.19. The molecule has 0 radical (unpaired) electrons. The highest BCUT2D eigenvalue weighted by molar-refractivity contribution is 5.56. The molecule has 1 saturated heterocycles. The van der Waals surface area contributed by atoms with E-state index in [1.807, 2.05) is 19.1 Å². The topological polar surface area (TPSA) is 44.3 Å². The SMILES string of the molecule is Cc1cc(N2CCN(Cc3ccccc3)CC2)nc(Nc2ccc(F)cc2F)n1. The minimum absolute atomic E-state index is 0.149. The molecular weight excluding hydrogens is 372 g/mol. The van der Waals surface area contributed by atoms with Crippen LogP contribution in [0.15, 0.2) is 54.6 Å². The summed E-state index contributed by atoms with van der Waals surface area (Å²) in [7, 11) is 0. The fourth-order valence-electron chi connectivity index (χ4n) is 3.46. The monoisotopic (exact) mass is 395 g/mol. The number of anilines is 3. The van der Waals surface area contributed by atoms with Gasteiger partial charge in [-0.3, -0.25) is 4.90 Å². The molecule has 29 heavy (non-hydrogen) atoms. The highest BCUT2D eigenvalue weighted by Crippen LogP contribution is 2.22. The maximum absolute atomic E-state index is 13.9. The Hall–Kier alpha value is -3.06. The normalized spacial score (nSPS) is 14.8. The smallest absolute Gasteiger partial charge is 0.229 e. The highest BCUT2D eigenvalue weighted by Gasteiger charge is 2.19. The third-order valence-electron chi connectivity index (χ3n) is 4.96. The number of piperazine rings is 1. The molecule has 0 bridgehead atoms. The highest BCUT2D eigenvalue weighted by atomic mass is 19.1. The molecule has 0 spiro atoms. The van der Waals surface area contributed by atoms with Crippen LogP contribution in [0.5, 0.6) is 0 Å². The summed E-state index contributed by atoms with van der Waals surface area (Å²) in [6, 6.07) is 15.8. The van der Waals surface area contributed by atoms with Crippen LogP contribution in [0, 0.1) is 18.6 Å². The molecule has 150 valence electrons. The Kier molecular flexibility index (Phi) is 5.67. The van der Waals surface area contributed by atoms with Gasteiger partial charge in [-0.2, -0.15) is 4.98 Å². The lowest BCUT2D eigenvalue weighted by atomic mass is 10.2. The van der Waals surface area contributed by atoms with Gasteiger partial charge in [0.2, 0.25) is 5.95 Å². The summed E-state index contributed by atoms with van der Waals surface area (Å²) in [5.41, 5.74) is 2.24. The van der Waals surface area contributed by atoms with E-state index >= 15 is 0 Å². The molecule has 0 atom stereocenters. The average molecular weight is 395 g/mol. The van der Waals surface area contributed by atoms with Crippen LogP contribution in [0.25, 0.3) is 0 Å². The van der Waals surface area contributed by atoms with Gasteiger partial charge in [-0.1, -0.05) is 30.3 Å². The van der Waals surface area contributed by atoms with Gasteiger partial charge in [0.05, 0.1) is 5.69 Å². The molecule has 1 N–H and O–H groups in total. The van der Waals surface area contributed by atoms with Gasteiger partial charge < -0.3 is 10.2 Å². The number of benzene rings is 2. The zero-order valence-electron chi connectivity index (χ0n) is 16.3. The Balaban J connectivity index is 1.43. The molecule has 4 rings (SSSR count). The molecule has 0 unspecified atom stereocenters. The number of nitrogens with zero attached hydrogens (tertiary/aromatic N) is 4. The van der Waals surface area contributed by atoms with Crippen molar-refractivity contribution in [2.24, 2.45) is 0 Å². The van der Waals surface area contributed by atoms with Gasteiger partial charge in [-0.15, -0.1) is 0 Å². The lowest BCUT2D eigenvalue weighted by Crippen LogP contribution is -2.46. The molecular formula is C22H23F2N5. The molecule has 2 heterocycles. The predicted octanol–water partition coefficient (Wildman–Crippen LogP) is 4.13. The first-order valence-electron chi connectivity index (χ1n) is 9.66. The summed E-state index contributed by atoms with van der Waals surface area (Å²) in [5.74, 6) is -0.183. The summed E-state index contributed by atoms with van der Waals surface area (Å²) >= 11 is 0. The fraction of sp³-hybridized carbons (Fsp3) is 0.273. The molecule has 0 saturated carbocycles. The molecule has 1 aliphatic rings. The molecule has 1 aromatic heterocycles. The van der Waals surface area contributed by atoms with Gasteiger partial charge in [0.25, 0.3) is 0 Å². The Morgan fingerprint density at radius 2 is 1.69 bits per heavy atom. The zero-order valence-corrected chi connectivity index (χ0v) is 16.3. The fourth-order valence-corrected chi connectivity index (χ4v) is 3.46. The summed E-state index contributed by atoms with van der Waals surface area (Å²) < 4.78 is 27.1. The largest absolute Gasteiger partial charge is 0.354 e. The van der Waals surface area contributed by atoms with Crippen molar-refractivity contribution in [1.82, 2.24) is 14.9 Å². The first-order chi connectivity index (χ1) is 14.1. The third kappa shape index (κ3) is 4.86. The maximum atomic E-state index is 13.9. The van der Waals surface area contributed by atoms with Crippen molar-refractivity contribution in [2.75, 3.05) is 36.4 Å². The van der Waals surface area contributed by atoms with Crippen LogP contribution in [0.4, 0.5) is 26.2 Å². The Labute approximate surface area is 169 Å². The number of halogens is 2. The van der Waals surface area contributed by atoms with Crippen molar-refractivity contribution in [2.45, 2.75) is 13.5 Å². The van der Waals surface area contributed by atoms with E-state index in [4.69, 9.17) is 0 Å². The Bertz CT molecular complexity index is 972. The van der Waals surface area contributed by atoms with E-state index in [9.17, 15) is 8.78 Å². The van der Waals surface area contributed by atoms with Gasteiger partial charge in [0.15, 0.2) is 0 Å². The number of aryl methyl sites for hydroxylation is 1. The summed E-state index contributed by atoms with van der Waals surface area (Å²) in [6.45, 7) is 6.40. The molecule has 0 aliphatic carbocycles. The van der Waals surface area contributed by atoms with Crippen LogP contribution in [-0.4, -0.2) is 41.0 Å². The number of aromatic nitrogens is 2. The van der Waals surface area contributed by atoms with Crippen molar-refractivity contribution >= 4 is 17.5 Å². The quantitative estimate of drug-likeness (QED) is 0.704. The lowest BCUT2D eigenvalue weighted by molar-refractivity contribution is 0.249. The van der Waals surface area contributed by atoms with Gasteiger partial charge in [-0.25, -0.2) is 13.8 Å². The van der Waals surface area contributed by atoms with E-state index in [-0.39, 0.29) is 5.69 Å². The average Bonchev–Trinajstić information content (AvgIpc) is 2.71. The lowest BCUT2D eigenvalue weighted by Gasteiger charge is -2.35. The van der Waals surface area contributed by atoms with Gasteiger partial charge in [0.1, 0.15) is 17.5 Å². The van der Waals surface area contributed by atoms with Crippen LogP contribution in [0.1, 0.15) is 11.3 Å². The number of rotatable bonds is 5. The minimum Gasteiger partial charge on any atom is -0.354 e. The van der Waals surface area contributed by atoms with E-state index in [2.05, 4.69) is 49.4 Å². The molecule has 1 fully saturated rings. The van der Waals surface area contributed by atoms with Crippen molar-refractivity contribution in [3.05, 3.63) is 77.5 Å². The molecule has 7 heteroatoms. The van der Waals surface area contributed by atoms with Crippen LogP contribution in [-0.2, 0) is 6.54 Å². The zero-order chi connectivity index (χ0) is 20.2. The third-order valence-corrected chi connectivity index (χ3v) is 4.96. The summed E-state index contributed by atoms with van der Waals surface area (Å²) in [5, 5.41) is 2.86. The van der Waals surface area contributed by atoms with Crippen molar-refractivity contribution < 1.29 is 8.78 Å². The van der Waals surface area contributed by atoms with Gasteiger partial charge in [0, 0.05) is 50.6 Å². The predicted molar refractivity (Wildman–Crippen MR) is 110 cm³/mol. The molecule has 1 aliphatic heterocycles. The first-order valence-corrected chi connectivity index (χ1v) is 9.66. The maximum Gasteiger partial charge on any atom is 0.229 e. The number of hydrogen-bond acceptors (Lipinski definition) is 5. The molecule has 3 aromatic rings. The van der Waals surface area contributed by atoms with Crippen LogP contribution >= 0.6 is 0 Å². The first kappa shape index (κ1) is 19.3. The second-order valence-electron chi connectivity index (χ2n) is 7.19. The number of hydrogen-bond donors (Lipinski definition) is 1. The van der Waals surface area contributed by atoms with Gasteiger partial charge in [-0.05, 0) is 24.6 Å². The molecule has 2 aromatic carbocycles. The van der Waals surface area contributed by atoms with E-state index in [0.29, 0.717) is 5.95 Å².